The molecule has 2 rings (SSSR count). The zero-order chi connectivity index (χ0) is 12.1. The molecule has 0 spiro atoms. The van der Waals surface area contributed by atoms with E-state index in [1.807, 2.05) is 0 Å². The highest BCUT2D eigenvalue weighted by molar-refractivity contribution is 5.88. The summed E-state index contributed by atoms with van der Waals surface area (Å²) in [6.07, 6.45) is 2.12. The molecule has 0 unspecified atom stereocenters. The van der Waals surface area contributed by atoms with E-state index >= 15 is 0 Å². The second-order valence-electron chi connectivity index (χ2n) is 3.79. The molecule has 4 N–H and O–H groups in total. The lowest BCUT2D eigenvalue weighted by Gasteiger charge is -2.05. The molecule has 2 amide bonds. The van der Waals surface area contributed by atoms with Gasteiger partial charge in [0.1, 0.15) is 11.5 Å². The van der Waals surface area contributed by atoms with Crippen molar-refractivity contribution in [3.63, 3.8) is 0 Å². The minimum atomic E-state index is -0.219. The molecule has 1 saturated carbocycles. The number of urea groups is 1. The zero-order valence-electron chi connectivity index (χ0n) is 9.36. The number of aromatic nitrogens is 1. The highest BCUT2D eigenvalue weighted by Crippen LogP contribution is 2.18. The molecule has 88 valence electrons. The second kappa shape index (κ2) is 5.32. The number of nitrogens with zero attached hydrogens (tertiary/aromatic N) is 1. The number of amides is 2. The van der Waals surface area contributed by atoms with Crippen LogP contribution in [0.5, 0.6) is 0 Å². The number of carbonyl (C=O) groups is 1. The lowest BCUT2D eigenvalue weighted by Crippen LogP contribution is -2.30. The molecule has 0 saturated heterocycles. The van der Waals surface area contributed by atoms with Crippen LogP contribution in [0.25, 0.3) is 0 Å². The molecule has 1 heterocycles. The lowest BCUT2D eigenvalue weighted by atomic mass is 10.3. The van der Waals surface area contributed by atoms with Gasteiger partial charge in [0.25, 0.3) is 0 Å². The van der Waals surface area contributed by atoms with Crippen molar-refractivity contribution in [1.82, 2.24) is 10.3 Å². The standard InChI is InChI=1S/C12H14N4O/c13-8-2-4-9-3-1-5-11(14-9)16-12(17)15-10-6-7-10/h1,3,5,10H,6-8,13H2,(H2,14,15,16,17). The molecule has 1 aromatic heterocycles. The minimum absolute atomic E-state index is 0.219. The van der Waals surface area contributed by atoms with E-state index in [0.717, 1.165) is 12.8 Å². The Morgan fingerprint density at radius 3 is 3.06 bits per heavy atom. The van der Waals surface area contributed by atoms with Gasteiger partial charge in [-0.15, -0.1) is 0 Å². The largest absolute Gasteiger partial charge is 0.335 e. The van der Waals surface area contributed by atoms with Crippen molar-refractivity contribution in [2.45, 2.75) is 18.9 Å². The molecular weight excluding hydrogens is 216 g/mol. The van der Waals surface area contributed by atoms with Crippen LogP contribution < -0.4 is 16.4 Å². The summed E-state index contributed by atoms with van der Waals surface area (Å²) in [5, 5.41) is 5.49. The van der Waals surface area contributed by atoms with Crippen LogP contribution in [0.15, 0.2) is 18.2 Å². The average Bonchev–Trinajstić information content (AvgIpc) is 3.10. The van der Waals surface area contributed by atoms with Crippen molar-refractivity contribution in [2.24, 2.45) is 5.73 Å². The highest BCUT2D eigenvalue weighted by atomic mass is 16.2. The van der Waals surface area contributed by atoms with Crippen LogP contribution in [0, 0.1) is 11.8 Å². The molecule has 1 aliphatic carbocycles. The number of hydrogen-bond donors (Lipinski definition) is 3. The topological polar surface area (TPSA) is 80.0 Å². The first-order valence-corrected chi connectivity index (χ1v) is 5.51. The molecule has 5 heteroatoms. The van der Waals surface area contributed by atoms with Crippen molar-refractivity contribution in [3.8, 4) is 11.8 Å². The molecule has 1 fully saturated rings. The van der Waals surface area contributed by atoms with Gasteiger partial charge in [-0.3, -0.25) is 5.32 Å². The Hall–Kier alpha value is -2.06. The van der Waals surface area contributed by atoms with Crippen LogP contribution >= 0.6 is 0 Å². The van der Waals surface area contributed by atoms with Crippen LogP contribution in [0.2, 0.25) is 0 Å². The normalized spacial score (nSPS) is 13.5. The van der Waals surface area contributed by atoms with Crippen LogP contribution in [-0.4, -0.2) is 23.6 Å². The summed E-state index contributed by atoms with van der Waals surface area (Å²) < 4.78 is 0. The number of nitrogens with one attached hydrogen (secondary N) is 2. The Morgan fingerprint density at radius 1 is 1.53 bits per heavy atom. The fourth-order valence-electron chi connectivity index (χ4n) is 1.28. The van der Waals surface area contributed by atoms with E-state index < -0.39 is 0 Å². The minimum Gasteiger partial charge on any atom is -0.335 e. The van der Waals surface area contributed by atoms with Crippen molar-refractivity contribution in [2.75, 3.05) is 11.9 Å². The maximum Gasteiger partial charge on any atom is 0.320 e. The fourth-order valence-corrected chi connectivity index (χ4v) is 1.28. The number of nitrogens with two attached hydrogens (primary N) is 1. The summed E-state index contributed by atoms with van der Waals surface area (Å²) >= 11 is 0. The van der Waals surface area contributed by atoms with Crippen LogP contribution in [0.4, 0.5) is 10.6 Å². The van der Waals surface area contributed by atoms with E-state index in [1.54, 1.807) is 18.2 Å². The van der Waals surface area contributed by atoms with Crippen molar-refractivity contribution >= 4 is 11.8 Å². The molecule has 17 heavy (non-hydrogen) atoms. The summed E-state index contributed by atoms with van der Waals surface area (Å²) in [5.41, 5.74) is 5.87. The van der Waals surface area contributed by atoms with Gasteiger partial charge in [0.2, 0.25) is 0 Å². The second-order valence-corrected chi connectivity index (χ2v) is 3.79. The van der Waals surface area contributed by atoms with E-state index in [2.05, 4.69) is 27.5 Å². The molecule has 0 aromatic carbocycles. The van der Waals surface area contributed by atoms with Gasteiger partial charge < -0.3 is 11.1 Å². The summed E-state index contributed by atoms with van der Waals surface area (Å²) in [6, 6.07) is 5.40. The van der Waals surface area contributed by atoms with E-state index in [-0.39, 0.29) is 6.03 Å². The lowest BCUT2D eigenvalue weighted by molar-refractivity contribution is 0.251. The maximum absolute atomic E-state index is 11.5. The molecule has 5 nitrogen and oxygen atoms in total. The summed E-state index contributed by atoms with van der Waals surface area (Å²) in [5.74, 6) is 6.02. The highest BCUT2D eigenvalue weighted by Gasteiger charge is 2.23. The first-order chi connectivity index (χ1) is 8.28. The Kier molecular flexibility index (Phi) is 3.58. The Balaban J connectivity index is 1.97. The molecule has 0 aliphatic heterocycles. The monoisotopic (exact) mass is 230 g/mol. The van der Waals surface area contributed by atoms with Crippen molar-refractivity contribution < 1.29 is 4.79 Å². The first kappa shape index (κ1) is 11.4. The summed E-state index contributed by atoms with van der Waals surface area (Å²) in [7, 11) is 0. The quantitative estimate of drug-likeness (QED) is 0.653. The van der Waals surface area contributed by atoms with E-state index in [9.17, 15) is 4.79 Å². The van der Waals surface area contributed by atoms with E-state index in [4.69, 9.17) is 5.73 Å². The number of carbonyl (C=O) groups excluding carboxylic acids is 1. The van der Waals surface area contributed by atoms with E-state index in [1.165, 1.54) is 0 Å². The van der Waals surface area contributed by atoms with Crippen LogP contribution in [-0.2, 0) is 0 Å². The third-order valence-corrected chi connectivity index (χ3v) is 2.22. The third-order valence-electron chi connectivity index (χ3n) is 2.22. The van der Waals surface area contributed by atoms with Gasteiger partial charge >= 0.3 is 6.03 Å². The van der Waals surface area contributed by atoms with Crippen molar-refractivity contribution in [1.29, 1.82) is 0 Å². The predicted octanol–water partition coefficient (Wildman–Crippen LogP) is 0.676. The van der Waals surface area contributed by atoms with Crippen LogP contribution in [0.3, 0.4) is 0 Å². The number of hydrogen-bond acceptors (Lipinski definition) is 3. The molecule has 1 aromatic rings. The Labute approximate surface area is 99.8 Å². The maximum atomic E-state index is 11.5. The first-order valence-electron chi connectivity index (χ1n) is 5.51. The summed E-state index contributed by atoms with van der Waals surface area (Å²) in [6.45, 7) is 0.293. The van der Waals surface area contributed by atoms with Crippen LogP contribution in [0.1, 0.15) is 18.5 Å². The molecular formula is C12H14N4O. The zero-order valence-corrected chi connectivity index (χ0v) is 9.36. The van der Waals surface area contributed by atoms with Gasteiger partial charge in [0, 0.05) is 6.04 Å². The Morgan fingerprint density at radius 2 is 2.35 bits per heavy atom. The van der Waals surface area contributed by atoms with E-state index in [0.29, 0.717) is 24.1 Å². The van der Waals surface area contributed by atoms with Gasteiger partial charge in [0.05, 0.1) is 6.54 Å². The molecule has 0 atom stereocenters. The van der Waals surface area contributed by atoms with Gasteiger partial charge in [-0.05, 0) is 30.9 Å². The molecule has 0 radical (unpaired) electrons. The predicted molar refractivity (Wildman–Crippen MR) is 65.3 cm³/mol. The average molecular weight is 230 g/mol. The van der Waals surface area contributed by atoms with Gasteiger partial charge in [-0.2, -0.15) is 0 Å². The van der Waals surface area contributed by atoms with Gasteiger partial charge in [-0.25, -0.2) is 9.78 Å². The molecule has 0 bridgehead atoms. The fraction of sp³-hybridized carbons (Fsp3) is 0.333. The summed E-state index contributed by atoms with van der Waals surface area (Å²) in [4.78, 5) is 15.6. The smallest absolute Gasteiger partial charge is 0.320 e. The van der Waals surface area contributed by atoms with Gasteiger partial charge in [-0.1, -0.05) is 12.0 Å². The Bertz CT molecular complexity index is 471. The third kappa shape index (κ3) is 3.78. The van der Waals surface area contributed by atoms with Gasteiger partial charge in [0.15, 0.2) is 0 Å². The number of rotatable bonds is 2. The van der Waals surface area contributed by atoms with Crippen molar-refractivity contribution in [3.05, 3.63) is 23.9 Å². The molecule has 1 aliphatic rings. The number of pyridine rings is 1. The number of anilines is 1. The SMILES string of the molecule is NCC#Cc1cccc(NC(=O)NC2CC2)n1.